The molecule has 0 saturated heterocycles. The van der Waals surface area contributed by atoms with Gasteiger partial charge in [0.25, 0.3) is 11.8 Å². The fourth-order valence-corrected chi connectivity index (χ4v) is 2.88. The van der Waals surface area contributed by atoms with Crippen LogP contribution in [0.1, 0.15) is 44.9 Å². The summed E-state index contributed by atoms with van der Waals surface area (Å²) in [5.74, 6) is -0.658. The number of Topliss-reactive ketones (excluding diaryl/α,β-unsaturated/α-hetero) is 1. The van der Waals surface area contributed by atoms with E-state index in [4.69, 9.17) is 0 Å². The molecule has 0 aliphatic heterocycles. The second kappa shape index (κ2) is 8.93. The molecule has 6 heteroatoms. The Morgan fingerprint density at radius 3 is 2.17 bits per heavy atom. The highest BCUT2D eigenvalue weighted by atomic mass is 16.2. The van der Waals surface area contributed by atoms with E-state index in [-0.39, 0.29) is 23.2 Å². The van der Waals surface area contributed by atoms with Crippen LogP contribution < -0.4 is 10.2 Å². The lowest BCUT2D eigenvalue weighted by atomic mass is 10.1. The molecule has 0 spiro atoms. The Labute approximate surface area is 169 Å². The predicted molar refractivity (Wildman–Crippen MR) is 112 cm³/mol. The number of anilines is 2. The van der Waals surface area contributed by atoms with E-state index in [2.05, 4.69) is 10.3 Å². The van der Waals surface area contributed by atoms with Crippen LogP contribution in [0, 0.1) is 0 Å². The summed E-state index contributed by atoms with van der Waals surface area (Å²) in [5, 5.41) is 2.75. The molecule has 0 saturated carbocycles. The molecule has 1 aromatic heterocycles. The molecule has 0 unspecified atom stereocenters. The largest absolute Gasteiger partial charge is 0.322 e. The molecule has 0 radical (unpaired) electrons. The van der Waals surface area contributed by atoms with Crippen LogP contribution in [0.3, 0.4) is 0 Å². The van der Waals surface area contributed by atoms with Crippen LogP contribution in [-0.4, -0.2) is 29.1 Å². The zero-order valence-electron chi connectivity index (χ0n) is 16.3. The molecule has 0 aliphatic rings. The average Bonchev–Trinajstić information content (AvgIpc) is 2.75. The first-order chi connectivity index (χ1) is 14.0. The van der Waals surface area contributed by atoms with Crippen LogP contribution in [0.15, 0.2) is 73.1 Å². The van der Waals surface area contributed by atoms with Crippen LogP contribution in [0.25, 0.3) is 0 Å². The Morgan fingerprint density at radius 1 is 0.897 bits per heavy atom. The SMILES string of the molecule is CCN(C(=O)c1cncc(C(=O)Nc2ccc(C(C)=O)cc2)c1)c1ccccc1. The number of nitrogens with zero attached hydrogens (tertiary/aromatic N) is 2. The fraction of sp³-hybridized carbons (Fsp3) is 0.130. The summed E-state index contributed by atoms with van der Waals surface area (Å²) in [6, 6.07) is 17.5. The fourth-order valence-electron chi connectivity index (χ4n) is 2.88. The van der Waals surface area contributed by atoms with Crippen LogP contribution >= 0.6 is 0 Å². The standard InChI is InChI=1S/C23H21N3O3/c1-3-26(21-7-5-4-6-8-21)23(29)19-13-18(14-24-15-19)22(28)25-20-11-9-17(10-12-20)16(2)27/h4-15H,3H2,1-2H3,(H,25,28). The van der Waals surface area contributed by atoms with E-state index in [1.165, 1.54) is 25.4 Å². The molecule has 146 valence electrons. The monoisotopic (exact) mass is 387 g/mol. The lowest BCUT2D eigenvalue weighted by Gasteiger charge is -2.21. The third-order valence-electron chi connectivity index (χ3n) is 4.43. The molecule has 3 rings (SSSR count). The third-order valence-corrected chi connectivity index (χ3v) is 4.43. The summed E-state index contributed by atoms with van der Waals surface area (Å²) in [4.78, 5) is 42.5. The predicted octanol–water partition coefficient (Wildman–Crippen LogP) is 4.20. The molecule has 2 amide bonds. The Morgan fingerprint density at radius 2 is 1.55 bits per heavy atom. The minimum atomic E-state index is -0.384. The van der Waals surface area contributed by atoms with Gasteiger partial charge in [-0.15, -0.1) is 0 Å². The molecule has 0 fully saturated rings. The molecule has 0 aliphatic carbocycles. The van der Waals surface area contributed by atoms with Crippen LogP contribution in [0.2, 0.25) is 0 Å². The number of benzene rings is 2. The first-order valence-electron chi connectivity index (χ1n) is 9.24. The number of carbonyl (C=O) groups excluding carboxylic acids is 3. The van der Waals surface area contributed by atoms with E-state index in [1.54, 1.807) is 29.2 Å². The molecule has 1 N–H and O–H groups in total. The van der Waals surface area contributed by atoms with Gasteiger partial charge in [0.15, 0.2) is 5.78 Å². The minimum absolute atomic E-state index is 0.0443. The van der Waals surface area contributed by atoms with E-state index in [0.717, 1.165) is 5.69 Å². The van der Waals surface area contributed by atoms with E-state index >= 15 is 0 Å². The van der Waals surface area contributed by atoms with Gasteiger partial charge in [-0.1, -0.05) is 18.2 Å². The highest BCUT2D eigenvalue weighted by Crippen LogP contribution is 2.17. The van der Waals surface area contributed by atoms with Crippen molar-refractivity contribution in [3.8, 4) is 0 Å². The molecule has 1 heterocycles. The lowest BCUT2D eigenvalue weighted by Crippen LogP contribution is -2.31. The number of hydrogen-bond acceptors (Lipinski definition) is 4. The van der Waals surface area contributed by atoms with Crippen molar-refractivity contribution in [2.24, 2.45) is 0 Å². The lowest BCUT2D eigenvalue weighted by molar-refractivity contribution is 0.0985. The number of pyridine rings is 1. The Bertz CT molecular complexity index is 1030. The average molecular weight is 387 g/mol. The quantitative estimate of drug-likeness (QED) is 0.643. The van der Waals surface area contributed by atoms with Crippen molar-refractivity contribution in [1.29, 1.82) is 0 Å². The van der Waals surface area contributed by atoms with E-state index < -0.39 is 0 Å². The van der Waals surface area contributed by atoms with Gasteiger partial charge in [0, 0.05) is 35.9 Å². The van der Waals surface area contributed by atoms with E-state index in [1.807, 2.05) is 37.3 Å². The summed E-state index contributed by atoms with van der Waals surface area (Å²) < 4.78 is 0. The van der Waals surface area contributed by atoms with Gasteiger partial charge in [-0.3, -0.25) is 19.4 Å². The maximum absolute atomic E-state index is 12.9. The van der Waals surface area contributed by atoms with Crippen molar-refractivity contribution < 1.29 is 14.4 Å². The van der Waals surface area contributed by atoms with Crippen molar-refractivity contribution in [1.82, 2.24) is 4.98 Å². The van der Waals surface area contributed by atoms with Gasteiger partial charge in [-0.05, 0) is 56.3 Å². The first-order valence-corrected chi connectivity index (χ1v) is 9.24. The molecule has 3 aromatic rings. The van der Waals surface area contributed by atoms with Crippen molar-refractivity contribution in [2.45, 2.75) is 13.8 Å². The number of nitrogens with one attached hydrogen (secondary N) is 1. The number of para-hydroxylation sites is 1. The normalized spacial score (nSPS) is 10.3. The number of carbonyl (C=O) groups is 3. The maximum Gasteiger partial charge on any atom is 0.259 e. The highest BCUT2D eigenvalue weighted by Gasteiger charge is 2.18. The molecule has 29 heavy (non-hydrogen) atoms. The summed E-state index contributed by atoms with van der Waals surface area (Å²) in [6.07, 6.45) is 2.86. The molecular formula is C23H21N3O3. The van der Waals surface area contributed by atoms with Gasteiger partial charge in [-0.2, -0.15) is 0 Å². The summed E-state index contributed by atoms with van der Waals surface area (Å²) in [7, 11) is 0. The minimum Gasteiger partial charge on any atom is -0.322 e. The second-order valence-corrected chi connectivity index (χ2v) is 6.43. The van der Waals surface area contributed by atoms with Crippen LogP contribution in [0.5, 0.6) is 0 Å². The third kappa shape index (κ3) is 4.73. The van der Waals surface area contributed by atoms with Gasteiger partial charge in [0.05, 0.1) is 11.1 Å². The number of rotatable bonds is 6. The Hall–Kier alpha value is -3.80. The van der Waals surface area contributed by atoms with Crippen LogP contribution in [-0.2, 0) is 0 Å². The first kappa shape index (κ1) is 19.9. The van der Waals surface area contributed by atoms with Crippen LogP contribution in [0.4, 0.5) is 11.4 Å². The molecule has 6 nitrogen and oxygen atoms in total. The number of amides is 2. The summed E-state index contributed by atoms with van der Waals surface area (Å²) in [6.45, 7) is 3.86. The number of ketones is 1. The summed E-state index contributed by atoms with van der Waals surface area (Å²) in [5.41, 5.74) is 2.50. The van der Waals surface area contributed by atoms with Gasteiger partial charge >= 0.3 is 0 Å². The highest BCUT2D eigenvalue weighted by molar-refractivity contribution is 6.09. The number of hydrogen-bond donors (Lipinski definition) is 1. The van der Waals surface area contributed by atoms with Crippen molar-refractivity contribution in [3.63, 3.8) is 0 Å². The van der Waals surface area contributed by atoms with Crippen molar-refractivity contribution >= 4 is 29.0 Å². The van der Waals surface area contributed by atoms with E-state index in [9.17, 15) is 14.4 Å². The second-order valence-electron chi connectivity index (χ2n) is 6.43. The van der Waals surface area contributed by atoms with Gasteiger partial charge in [0.2, 0.25) is 0 Å². The zero-order chi connectivity index (χ0) is 20.8. The molecule has 0 atom stereocenters. The maximum atomic E-state index is 12.9. The van der Waals surface area contributed by atoms with Crippen molar-refractivity contribution in [2.75, 3.05) is 16.8 Å². The molecule has 0 bridgehead atoms. The zero-order valence-corrected chi connectivity index (χ0v) is 16.3. The van der Waals surface area contributed by atoms with E-state index in [0.29, 0.717) is 23.4 Å². The molecule has 2 aromatic carbocycles. The Balaban J connectivity index is 1.78. The van der Waals surface area contributed by atoms with Gasteiger partial charge in [-0.25, -0.2) is 0 Å². The molecular weight excluding hydrogens is 366 g/mol. The topological polar surface area (TPSA) is 79.4 Å². The van der Waals surface area contributed by atoms with Gasteiger partial charge in [0.1, 0.15) is 0 Å². The summed E-state index contributed by atoms with van der Waals surface area (Å²) >= 11 is 0. The van der Waals surface area contributed by atoms with Gasteiger partial charge < -0.3 is 10.2 Å². The van der Waals surface area contributed by atoms with Crippen molar-refractivity contribution in [3.05, 3.63) is 89.7 Å². The Kier molecular flexibility index (Phi) is 6.14. The number of aromatic nitrogens is 1. The smallest absolute Gasteiger partial charge is 0.259 e.